The summed E-state index contributed by atoms with van der Waals surface area (Å²) in [4.78, 5) is 23.7. The maximum Gasteiger partial charge on any atom is 0.330 e. The van der Waals surface area contributed by atoms with Crippen LogP contribution in [0.5, 0.6) is 5.75 Å². The maximum absolute atomic E-state index is 13.9. The van der Waals surface area contributed by atoms with Crippen LogP contribution in [0.4, 0.5) is 4.39 Å². The number of benzene rings is 2. The van der Waals surface area contributed by atoms with E-state index in [-0.39, 0.29) is 12.4 Å². The zero-order chi connectivity index (χ0) is 21.9. The van der Waals surface area contributed by atoms with E-state index in [0.29, 0.717) is 10.1 Å². The van der Waals surface area contributed by atoms with E-state index in [9.17, 15) is 22.4 Å². The molecule has 0 fully saturated rings. The highest BCUT2D eigenvalue weighted by Crippen LogP contribution is 2.20. The summed E-state index contributed by atoms with van der Waals surface area (Å²) in [6.45, 7) is -0.226. The number of halogens is 1. The molecule has 30 heavy (non-hydrogen) atoms. The van der Waals surface area contributed by atoms with Crippen LogP contribution < -0.4 is 20.7 Å². The third kappa shape index (κ3) is 4.50. The van der Waals surface area contributed by atoms with E-state index in [1.54, 1.807) is 36.4 Å². The molecular weight excluding hydrogens is 413 g/mol. The smallest absolute Gasteiger partial charge is 0.330 e. The summed E-state index contributed by atoms with van der Waals surface area (Å²) in [6.07, 6.45) is 0.965. The van der Waals surface area contributed by atoms with Gasteiger partial charge in [0.1, 0.15) is 6.61 Å². The first-order chi connectivity index (χ1) is 14.2. The molecule has 0 unspecified atom stereocenters. The molecule has 8 nitrogen and oxygen atoms in total. The van der Waals surface area contributed by atoms with Crippen molar-refractivity contribution in [1.82, 2.24) is 13.9 Å². The summed E-state index contributed by atoms with van der Waals surface area (Å²) in [5.41, 5.74) is -1.05. The number of aryl methyl sites for hydroxylation is 1. The van der Waals surface area contributed by atoms with Crippen molar-refractivity contribution in [3.05, 3.63) is 93.0 Å². The van der Waals surface area contributed by atoms with Gasteiger partial charge in [-0.3, -0.25) is 9.36 Å². The van der Waals surface area contributed by atoms with Gasteiger partial charge in [-0.2, -0.15) is 4.72 Å². The van der Waals surface area contributed by atoms with Crippen molar-refractivity contribution in [2.45, 2.75) is 10.9 Å². The van der Waals surface area contributed by atoms with Crippen LogP contribution in [-0.2, 0) is 24.1 Å². The second-order valence-corrected chi connectivity index (χ2v) is 8.26. The van der Waals surface area contributed by atoms with Crippen molar-refractivity contribution in [1.29, 1.82) is 0 Å². The molecule has 158 valence electrons. The molecule has 0 spiro atoms. The van der Waals surface area contributed by atoms with Gasteiger partial charge in [0, 0.05) is 20.3 Å². The standard InChI is InChI=1S/C20H20FN3O5S/c1-23-12-18(19(25)24(2)20(23)26)30(27,28)22-16(14-8-4-3-5-9-14)13-29-17-11-7-6-10-15(17)21/h3-12,16,22H,13H2,1-2H3/t16-/m1/s1. The number of hydrogen-bond donors (Lipinski definition) is 1. The lowest BCUT2D eigenvalue weighted by molar-refractivity contribution is 0.269. The molecule has 0 amide bonds. The Morgan fingerprint density at radius 3 is 2.33 bits per heavy atom. The Morgan fingerprint density at radius 2 is 1.67 bits per heavy atom. The molecule has 1 atom stereocenters. The zero-order valence-corrected chi connectivity index (χ0v) is 17.1. The Kier molecular flexibility index (Phi) is 6.18. The number of sulfonamides is 1. The number of aromatic nitrogens is 2. The number of rotatable bonds is 7. The minimum Gasteiger partial charge on any atom is -0.488 e. The molecule has 0 aliphatic heterocycles. The van der Waals surface area contributed by atoms with Crippen LogP contribution in [-0.4, -0.2) is 24.2 Å². The lowest BCUT2D eigenvalue weighted by Gasteiger charge is -2.20. The molecule has 1 heterocycles. The van der Waals surface area contributed by atoms with Gasteiger partial charge < -0.3 is 9.30 Å². The molecule has 0 radical (unpaired) electrons. The zero-order valence-electron chi connectivity index (χ0n) is 16.3. The number of ether oxygens (including phenoxy) is 1. The van der Waals surface area contributed by atoms with E-state index in [1.165, 1.54) is 32.3 Å². The molecule has 0 bridgehead atoms. The topological polar surface area (TPSA) is 99.4 Å². The van der Waals surface area contributed by atoms with Crippen molar-refractivity contribution in [3.63, 3.8) is 0 Å². The van der Waals surface area contributed by atoms with Gasteiger partial charge in [-0.25, -0.2) is 17.6 Å². The van der Waals surface area contributed by atoms with Crippen LogP contribution in [0, 0.1) is 5.82 Å². The van der Waals surface area contributed by atoms with Crippen molar-refractivity contribution in [3.8, 4) is 5.75 Å². The van der Waals surface area contributed by atoms with E-state index in [4.69, 9.17) is 4.74 Å². The molecule has 0 saturated heterocycles. The number of para-hydroxylation sites is 1. The summed E-state index contributed by atoms with van der Waals surface area (Å²) in [7, 11) is -1.79. The van der Waals surface area contributed by atoms with Crippen LogP contribution in [0.2, 0.25) is 0 Å². The highest BCUT2D eigenvalue weighted by molar-refractivity contribution is 7.89. The monoisotopic (exact) mass is 433 g/mol. The molecule has 0 aliphatic rings. The molecule has 10 heteroatoms. The van der Waals surface area contributed by atoms with Gasteiger partial charge in [-0.1, -0.05) is 42.5 Å². The minimum atomic E-state index is -4.33. The van der Waals surface area contributed by atoms with Crippen LogP contribution in [0.15, 0.2) is 75.3 Å². The van der Waals surface area contributed by atoms with Crippen LogP contribution in [0.25, 0.3) is 0 Å². The van der Waals surface area contributed by atoms with Crippen LogP contribution >= 0.6 is 0 Å². The van der Waals surface area contributed by atoms with Crippen molar-refractivity contribution >= 4 is 10.0 Å². The summed E-state index contributed by atoms with van der Waals surface area (Å²) in [5.74, 6) is -0.616. The second kappa shape index (κ2) is 8.64. The second-order valence-electron chi connectivity index (χ2n) is 6.58. The highest BCUT2D eigenvalue weighted by Gasteiger charge is 2.26. The number of nitrogens with zero attached hydrogens (tertiary/aromatic N) is 2. The first-order valence-corrected chi connectivity index (χ1v) is 10.4. The normalized spacial score (nSPS) is 12.5. The molecule has 3 aromatic rings. The Labute approximate surface area is 172 Å². The fourth-order valence-electron chi connectivity index (χ4n) is 2.83. The molecule has 0 aliphatic carbocycles. The summed E-state index contributed by atoms with van der Waals surface area (Å²) in [6, 6.07) is 13.4. The van der Waals surface area contributed by atoms with E-state index >= 15 is 0 Å². The van der Waals surface area contributed by atoms with E-state index in [1.807, 2.05) is 0 Å². The molecule has 3 rings (SSSR count). The van der Waals surface area contributed by atoms with Gasteiger partial charge in [0.25, 0.3) is 5.56 Å². The van der Waals surface area contributed by atoms with Gasteiger partial charge >= 0.3 is 5.69 Å². The van der Waals surface area contributed by atoms with Gasteiger partial charge in [-0.05, 0) is 17.7 Å². The third-order valence-corrected chi connectivity index (χ3v) is 5.90. The Balaban J connectivity index is 1.96. The van der Waals surface area contributed by atoms with Gasteiger partial charge in [0.15, 0.2) is 16.5 Å². The van der Waals surface area contributed by atoms with Gasteiger partial charge in [0.05, 0.1) is 6.04 Å². The molecule has 2 aromatic carbocycles. The van der Waals surface area contributed by atoms with Crippen LogP contribution in [0.1, 0.15) is 11.6 Å². The SMILES string of the molecule is Cn1cc(S(=O)(=O)N[C@H](COc2ccccc2F)c2ccccc2)c(=O)n(C)c1=O. The summed E-state index contributed by atoms with van der Waals surface area (Å²) >= 11 is 0. The van der Waals surface area contributed by atoms with Crippen molar-refractivity contribution in [2.24, 2.45) is 14.1 Å². The minimum absolute atomic E-state index is 0.0318. The van der Waals surface area contributed by atoms with Gasteiger partial charge in [-0.15, -0.1) is 0 Å². The molecule has 1 N–H and O–H groups in total. The number of nitrogens with one attached hydrogen (secondary N) is 1. The largest absolute Gasteiger partial charge is 0.488 e. The lowest BCUT2D eigenvalue weighted by Crippen LogP contribution is -2.42. The first-order valence-electron chi connectivity index (χ1n) is 8.92. The predicted molar refractivity (Wildman–Crippen MR) is 108 cm³/mol. The average Bonchev–Trinajstić information content (AvgIpc) is 2.73. The highest BCUT2D eigenvalue weighted by atomic mass is 32.2. The average molecular weight is 433 g/mol. The quantitative estimate of drug-likeness (QED) is 0.606. The third-order valence-electron chi connectivity index (χ3n) is 4.45. The lowest BCUT2D eigenvalue weighted by atomic mass is 10.1. The first kappa shape index (κ1) is 21.5. The molecular formula is C20H20FN3O5S. The predicted octanol–water partition coefficient (Wildman–Crippen LogP) is 1.32. The van der Waals surface area contributed by atoms with Crippen molar-refractivity contribution < 1.29 is 17.5 Å². The summed E-state index contributed by atoms with van der Waals surface area (Å²) in [5, 5.41) is 0. The van der Waals surface area contributed by atoms with E-state index < -0.39 is 38.0 Å². The molecule has 1 aromatic heterocycles. The van der Waals surface area contributed by atoms with E-state index in [0.717, 1.165) is 10.8 Å². The number of hydrogen-bond acceptors (Lipinski definition) is 5. The van der Waals surface area contributed by atoms with Gasteiger partial charge in [0.2, 0.25) is 10.0 Å². The Hall–Kier alpha value is -3.24. The van der Waals surface area contributed by atoms with Crippen molar-refractivity contribution in [2.75, 3.05) is 6.61 Å². The fraction of sp³-hybridized carbons (Fsp3) is 0.200. The Morgan fingerprint density at radius 1 is 1.03 bits per heavy atom. The Bertz CT molecular complexity index is 1270. The fourth-order valence-corrected chi connectivity index (χ4v) is 4.20. The maximum atomic E-state index is 13.9. The van der Waals surface area contributed by atoms with Crippen LogP contribution in [0.3, 0.4) is 0 Å². The summed E-state index contributed by atoms with van der Waals surface area (Å²) < 4.78 is 49.4. The van der Waals surface area contributed by atoms with E-state index in [2.05, 4.69) is 4.72 Å². The molecule has 0 saturated carbocycles.